The van der Waals surface area contributed by atoms with Crippen LogP contribution in [0.2, 0.25) is 0 Å². The van der Waals surface area contributed by atoms with Crippen molar-refractivity contribution in [2.75, 3.05) is 19.7 Å². The van der Waals surface area contributed by atoms with E-state index in [1.165, 1.54) is 5.56 Å². The lowest BCUT2D eigenvalue weighted by Crippen LogP contribution is -2.41. The van der Waals surface area contributed by atoms with Crippen molar-refractivity contribution in [3.05, 3.63) is 35.4 Å². The van der Waals surface area contributed by atoms with Gasteiger partial charge in [0.2, 0.25) is 11.8 Å². The van der Waals surface area contributed by atoms with Gasteiger partial charge >= 0.3 is 0 Å². The molecule has 114 valence electrons. The Morgan fingerprint density at radius 3 is 2.86 bits per heavy atom. The molecule has 2 N–H and O–H groups in total. The van der Waals surface area contributed by atoms with Crippen molar-refractivity contribution in [2.45, 2.75) is 32.2 Å². The van der Waals surface area contributed by atoms with Gasteiger partial charge in [-0.25, -0.2) is 0 Å². The molecule has 2 rings (SSSR count). The molecular weight excluding hydrogens is 268 g/mol. The lowest BCUT2D eigenvalue weighted by atomic mass is 9.90. The van der Waals surface area contributed by atoms with Crippen molar-refractivity contribution in [3.8, 4) is 0 Å². The van der Waals surface area contributed by atoms with E-state index in [4.69, 9.17) is 5.11 Å². The lowest BCUT2D eigenvalue weighted by Gasteiger charge is -2.36. The van der Waals surface area contributed by atoms with Crippen molar-refractivity contribution < 1.29 is 14.7 Å². The number of carbonyl (C=O) groups is 2. The third kappa shape index (κ3) is 3.82. The number of benzene rings is 1. The van der Waals surface area contributed by atoms with Crippen LogP contribution in [0.4, 0.5) is 0 Å². The number of amides is 2. The summed E-state index contributed by atoms with van der Waals surface area (Å²) in [5.41, 5.74) is 2.28. The molecule has 2 amide bonds. The van der Waals surface area contributed by atoms with E-state index >= 15 is 0 Å². The van der Waals surface area contributed by atoms with Gasteiger partial charge in [-0.1, -0.05) is 24.3 Å². The highest BCUT2D eigenvalue weighted by Gasteiger charge is 2.30. The molecule has 0 bridgehead atoms. The fraction of sp³-hybridized carbons (Fsp3) is 0.500. The summed E-state index contributed by atoms with van der Waals surface area (Å²) in [6, 6.07) is 7.79. The first-order valence-electron chi connectivity index (χ1n) is 7.36. The fourth-order valence-electron chi connectivity index (χ4n) is 2.80. The number of hydrogen-bond donors (Lipinski definition) is 2. The van der Waals surface area contributed by atoms with Crippen LogP contribution in [0.5, 0.6) is 0 Å². The minimum atomic E-state index is -0.193. The smallest absolute Gasteiger partial charge is 0.222 e. The number of aliphatic hydroxyl groups is 1. The average Bonchev–Trinajstić information content (AvgIpc) is 2.47. The minimum absolute atomic E-state index is 0.00217. The van der Waals surface area contributed by atoms with E-state index in [9.17, 15) is 9.59 Å². The normalized spacial score (nSPS) is 17.2. The number of nitrogens with zero attached hydrogens (tertiary/aromatic N) is 1. The predicted octanol–water partition coefficient (Wildman–Crippen LogP) is 1.02. The standard InChI is InChI=1S/C16H22N2O3/c1-12(20)18-9-7-13-5-2-3-6-14(13)15(18)11-16(21)17-8-4-10-19/h2-3,5-6,15,19H,4,7-11H2,1H3,(H,17,21)/t15-/m0/s1. The van der Waals surface area contributed by atoms with E-state index in [1.54, 1.807) is 11.8 Å². The number of aliphatic hydroxyl groups excluding tert-OH is 1. The summed E-state index contributed by atoms with van der Waals surface area (Å²) in [5.74, 6) is -0.0888. The van der Waals surface area contributed by atoms with Gasteiger partial charge in [0.05, 0.1) is 12.5 Å². The van der Waals surface area contributed by atoms with Crippen molar-refractivity contribution in [2.24, 2.45) is 0 Å². The van der Waals surface area contributed by atoms with E-state index in [-0.39, 0.29) is 30.9 Å². The second-order valence-corrected chi connectivity index (χ2v) is 5.31. The number of fused-ring (bicyclic) bond motifs is 1. The Morgan fingerprint density at radius 1 is 1.38 bits per heavy atom. The third-order valence-corrected chi connectivity index (χ3v) is 3.85. The van der Waals surface area contributed by atoms with Crippen molar-refractivity contribution in [1.82, 2.24) is 10.2 Å². The Hall–Kier alpha value is -1.88. The van der Waals surface area contributed by atoms with Crippen molar-refractivity contribution in [1.29, 1.82) is 0 Å². The maximum Gasteiger partial charge on any atom is 0.222 e. The van der Waals surface area contributed by atoms with Gasteiger partial charge in [0.25, 0.3) is 0 Å². The number of hydrogen-bond acceptors (Lipinski definition) is 3. The summed E-state index contributed by atoms with van der Waals surface area (Å²) in [6.07, 6.45) is 1.64. The molecule has 0 fully saturated rings. The summed E-state index contributed by atoms with van der Waals surface area (Å²) in [5, 5.41) is 11.5. The summed E-state index contributed by atoms with van der Waals surface area (Å²) < 4.78 is 0. The Balaban J connectivity index is 2.12. The molecule has 0 unspecified atom stereocenters. The second-order valence-electron chi connectivity index (χ2n) is 5.31. The molecule has 0 saturated carbocycles. The van der Waals surface area contributed by atoms with Crippen LogP contribution in [0, 0.1) is 0 Å². The van der Waals surface area contributed by atoms with Crippen LogP contribution in [0.15, 0.2) is 24.3 Å². The zero-order valence-electron chi connectivity index (χ0n) is 12.3. The molecule has 0 aromatic heterocycles. The molecule has 1 atom stereocenters. The van der Waals surface area contributed by atoms with Crippen LogP contribution in [-0.2, 0) is 16.0 Å². The highest BCUT2D eigenvalue weighted by molar-refractivity contribution is 5.79. The molecule has 1 heterocycles. The van der Waals surface area contributed by atoms with E-state index in [1.807, 2.05) is 18.2 Å². The van der Waals surface area contributed by atoms with Gasteiger partial charge in [-0.15, -0.1) is 0 Å². The maximum absolute atomic E-state index is 12.0. The molecule has 1 aromatic rings. The van der Waals surface area contributed by atoms with Gasteiger partial charge in [-0.05, 0) is 24.0 Å². The van der Waals surface area contributed by atoms with E-state index in [0.29, 0.717) is 19.5 Å². The molecule has 0 aliphatic carbocycles. The van der Waals surface area contributed by atoms with Crippen molar-refractivity contribution in [3.63, 3.8) is 0 Å². The Bertz CT molecular complexity index is 516. The second kappa shape index (κ2) is 7.22. The molecule has 5 nitrogen and oxygen atoms in total. The number of rotatable bonds is 5. The van der Waals surface area contributed by atoms with Crippen LogP contribution >= 0.6 is 0 Å². The van der Waals surface area contributed by atoms with E-state index in [2.05, 4.69) is 11.4 Å². The highest BCUT2D eigenvalue weighted by Crippen LogP contribution is 2.32. The zero-order chi connectivity index (χ0) is 15.2. The summed E-state index contributed by atoms with van der Waals surface area (Å²) >= 11 is 0. The molecule has 1 aliphatic heterocycles. The molecule has 5 heteroatoms. The van der Waals surface area contributed by atoms with Crippen LogP contribution in [0.25, 0.3) is 0 Å². The molecule has 1 aromatic carbocycles. The highest BCUT2D eigenvalue weighted by atomic mass is 16.3. The quantitative estimate of drug-likeness (QED) is 0.796. The summed E-state index contributed by atoms with van der Waals surface area (Å²) in [4.78, 5) is 25.6. The topological polar surface area (TPSA) is 69.6 Å². The Labute approximate surface area is 125 Å². The number of carbonyl (C=O) groups excluding carboxylic acids is 2. The molecule has 0 spiro atoms. The van der Waals surface area contributed by atoms with Crippen molar-refractivity contribution >= 4 is 11.8 Å². The maximum atomic E-state index is 12.0. The third-order valence-electron chi connectivity index (χ3n) is 3.85. The van der Waals surface area contributed by atoms with Gasteiger partial charge in [-0.2, -0.15) is 0 Å². The predicted molar refractivity (Wildman–Crippen MR) is 79.6 cm³/mol. The monoisotopic (exact) mass is 290 g/mol. The fourth-order valence-corrected chi connectivity index (χ4v) is 2.80. The van der Waals surface area contributed by atoms with Crippen LogP contribution in [0.3, 0.4) is 0 Å². The average molecular weight is 290 g/mol. The summed E-state index contributed by atoms with van der Waals surface area (Å²) in [7, 11) is 0. The van der Waals surface area contributed by atoms with Gasteiger partial charge in [0.1, 0.15) is 0 Å². The minimum Gasteiger partial charge on any atom is -0.396 e. The molecule has 21 heavy (non-hydrogen) atoms. The molecule has 1 aliphatic rings. The SMILES string of the molecule is CC(=O)N1CCc2ccccc2[C@@H]1CC(=O)NCCCO. The van der Waals surface area contributed by atoms with Crippen LogP contribution in [-0.4, -0.2) is 41.5 Å². The Morgan fingerprint density at radius 2 is 2.14 bits per heavy atom. The lowest BCUT2D eigenvalue weighted by molar-refractivity contribution is -0.133. The number of nitrogens with one attached hydrogen (secondary N) is 1. The van der Waals surface area contributed by atoms with Gasteiger partial charge in [0.15, 0.2) is 0 Å². The first kappa shape index (κ1) is 15.5. The molecule has 0 radical (unpaired) electrons. The first-order valence-corrected chi connectivity index (χ1v) is 7.36. The molecular formula is C16H22N2O3. The zero-order valence-corrected chi connectivity index (χ0v) is 12.3. The van der Waals surface area contributed by atoms with Crippen LogP contribution in [0.1, 0.15) is 36.9 Å². The summed E-state index contributed by atoms with van der Waals surface area (Å²) in [6.45, 7) is 2.72. The largest absolute Gasteiger partial charge is 0.396 e. The van der Waals surface area contributed by atoms with E-state index < -0.39 is 0 Å². The van der Waals surface area contributed by atoms with Gasteiger partial charge in [0, 0.05) is 26.6 Å². The van der Waals surface area contributed by atoms with E-state index in [0.717, 1.165) is 12.0 Å². The molecule has 0 saturated heterocycles. The van der Waals surface area contributed by atoms with Crippen LogP contribution < -0.4 is 5.32 Å². The van der Waals surface area contributed by atoms with Gasteiger partial charge in [-0.3, -0.25) is 9.59 Å². The first-order chi connectivity index (χ1) is 10.1. The van der Waals surface area contributed by atoms with Gasteiger partial charge < -0.3 is 15.3 Å². The Kier molecular flexibility index (Phi) is 5.33.